The summed E-state index contributed by atoms with van der Waals surface area (Å²) in [6.45, 7) is 18.8. The number of methoxy groups -OCH3 is 1. The number of carboxylic acids is 1. The summed E-state index contributed by atoms with van der Waals surface area (Å²) in [5, 5.41) is 20.5. The third-order valence-electron chi connectivity index (χ3n) is 15.3. The molecule has 6 rings (SSSR count). The van der Waals surface area contributed by atoms with Gasteiger partial charge in [-0.15, -0.1) is 0 Å². The molecule has 6 heteroatoms. The normalized spacial score (nSPS) is 42.7. The van der Waals surface area contributed by atoms with Crippen LogP contribution in [0.3, 0.4) is 0 Å². The highest BCUT2D eigenvalue weighted by atomic mass is 16.5. The Morgan fingerprint density at radius 1 is 0.913 bits per heavy atom. The summed E-state index contributed by atoms with van der Waals surface area (Å²) >= 11 is 0. The van der Waals surface area contributed by atoms with E-state index in [0.29, 0.717) is 29.4 Å². The Balaban J connectivity index is 1.23. The molecule has 0 unspecified atom stereocenters. The Morgan fingerprint density at radius 3 is 2.33 bits per heavy atom. The van der Waals surface area contributed by atoms with Gasteiger partial charge in [0.1, 0.15) is 6.10 Å². The number of rotatable bonds is 6. The van der Waals surface area contributed by atoms with Crippen LogP contribution in [0.4, 0.5) is 0 Å². The van der Waals surface area contributed by atoms with E-state index in [2.05, 4.69) is 48.1 Å². The zero-order chi connectivity index (χ0) is 33.4. The highest BCUT2D eigenvalue weighted by molar-refractivity contribution is 5.87. The summed E-state index contributed by atoms with van der Waals surface area (Å²) in [6.07, 6.45) is 13.0. The van der Waals surface area contributed by atoms with Gasteiger partial charge in [0, 0.05) is 11.5 Å². The lowest BCUT2D eigenvalue weighted by molar-refractivity contribution is -0.250. The smallest absolute Gasteiger partial charge is 0.331 e. The standard InChI is InChI=1S/C40H56O6/c1-24(2)26-15-20-40(35(43)44)22-21-38(6)27(34(26)40)11-13-31-37(5)18-17-32(36(3,4)30(37)16-19-39(31,38)7)46-33(42)14-10-25-9-12-28(41)29(23-25)45-8/h9-10,12,14,23,26-27,30-32,34,41H,1,11,13,15-22H2,2-8H3,(H,43,44)/b14-10+/t26-,27+,30-,31+,32+,34+,37-,38+,39+,40-/m0/s1. The van der Waals surface area contributed by atoms with Crippen molar-refractivity contribution in [2.75, 3.05) is 7.11 Å². The van der Waals surface area contributed by atoms with E-state index in [1.54, 1.807) is 24.3 Å². The fourth-order valence-electron chi connectivity index (χ4n) is 12.8. The number of aliphatic carboxylic acids is 1. The number of hydrogen-bond donors (Lipinski definition) is 2. The van der Waals surface area contributed by atoms with E-state index in [1.807, 2.05) is 0 Å². The van der Waals surface area contributed by atoms with Gasteiger partial charge in [-0.1, -0.05) is 52.8 Å². The average molecular weight is 633 g/mol. The second-order valence-electron chi connectivity index (χ2n) is 17.2. The Hall–Kier alpha value is -2.76. The van der Waals surface area contributed by atoms with Crippen LogP contribution in [-0.2, 0) is 14.3 Å². The third kappa shape index (κ3) is 4.62. The maximum Gasteiger partial charge on any atom is 0.331 e. The minimum Gasteiger partial charge on any atom is -0.504 e. The van der Waals surface area contributed by atoms with Crippen molar-refractivity contribution in [2.24, 2.45) is 56.7 Å². The Bertz CT molecular complexity index is 1440. The van der Waals surface area contributed by atoms with Gasteiger partial charge in [-0.25, -0.2) is 4.79 Å². The lowest BCUT2D eigenvalue weighted by atomic mass is 9.32. The van der Waals surface area contributed by atoms with Crippen LogP contribution < -0.4 is 4.74 Å². The lowest BCUT2D eigenvalue weighted by Gasteiger charge is -2.72. The van der Waals surface area contributed by atoms with Gasteiger partial charge in [-0.05, 0) is 141 Å². The van der Waals surface area contributed by atoms with E-state index in [9.17, 15) is 19.8 Å². The molecule has 0 heterocycles. The first-order valence-electron chi connectivity index (χ1n) is 17.7. The van der Waals surface area contributed by atoms with Crippen LogP contribution in [-0.4, -0.2) is 35.4 Å². The summed E-state index contributed by atoms with van der Waals surface area (Å²) in [4.78, 5) is 26.1. The Labute approximate surface area is 276 Å². The molecule has 46 heavy (non-hydrogen) atoms. The molecule has 0 bridgehead atoms. The van der Waals surface area contributed by atoms with Gasteiger partial charge in [0.25, 0.3) is 0 Å². The molecule has 5 fully saturated rings. The Kier molecular flexibility index (Phi) is 8.04. The van der Waals surface area contributed by atoms with Gasteiger partial charge >= 0.3 is 11.9 Å². The summed E-state index contributed by atoms with van der Waals surface area (Å²) < 4.78 is 11.4. The molecule has 0 saturated heterocycles. The summed E-state index contributed by atoms with van der Waals surface area (Å²) in [5.74, 6) is 1.42. The average Bonchev–Trinajstić information content (AvgIpc) is 3.40. The predicted molar refractivity (Wildman–Crippen MR) is 180 cm³/mol. The number of allylic oxidation sites excluding steroid dienone is 1. The number of fused-ring (bicyclic) bond motifs is 7. The van der Waals surface area contributed by atoms with Crippen LogP contribution in [0.1, 0.15) is 111 Å². The number of phenolic OH excluding ortho intramolecular Hbond substituents is 1. The highest BCUT2D eigenvalue weighted by Gasteiger charge is 2.72. The van der Waals surface area contributed by atoms with Gasteiger partial charge in [-0.3, -0.25) is 4.79 Å². The molecule has 1 aromatic carbocycles. The molecule has 5 aliphatic carbocycles. The van der Waals surface area contributed by atoms with E-state index < -0.39 is 11.4 Å². The fraction of sp³-hybridized carbons (Fsp3) is 0.700. The first-order chi connectivity index (χ1) is 21.5. The first-order valence-corrected chi connectivity index (χ1v) is 17.7. The van der Waals surface area contributed by atoms with E-state index in [4.69, 9.17) is 9.47 Å². The number of phenols is 1. The van der Waals surface area contributed by atoms with Gasteiger partial charge in [0.15, 0.2) is 11.5 Å². The van der Waals surface area contributed by atoms with Crippen LogP contribution in [0.2, 0.25) is 0 Å². The van der Waals surface area contributed by atoms with Crippen molar-refractivity contribution in [3.05, 3.63) is 42.0 Å². The van der Waals surface area contributed by atoms with Gasteiger partial charge in [0.2, 0.25) is 0 Å². The first kappa shape index (κ1) is 33.2. The molecule has 252 valence electrons. The van der Waals surface area contributed by atoms with Gasteiger partial charge in [-0.2, -0.15) is 0 Å². The van der Waals surface area contributed by atoms with E-state index >= 15 is 0 Å². The largest absolute Gasteiger partial charge is 0.504 e. The number of aromatic hydroxyl groups is 1. The highest BCUT2D eigenvalue weighted by Crippen LogP contribution is 2.77. The van der Waals surface area contributed by atoms with Crippen LogP contribution >= 0.6 is 0 Å². The van der Waals surface area contributed by atoms with Crippen LogP contribution in [0.5, 0.6) is 11.5 Å². The molecule has 0 spiro atoms. The molecule has 5 aliphatic rings. The van der Waals surface area contributed by atoms with Gasteiger partial charge in [0.05, 0.1) is 12.5 Å². The number of esters is 1. The quantitative estimate of drug-likeness (QED) is 0.185. The summed E-state index contributed by atoms with van der Waals surface area (Å²) in [7, 11) is 1.50. The number of benzene rings is 1. The van der Waals surface area contributed by atoms with E-state index in [0.717, 1.165) is 69.8 Å². The predicted octanol–water partition coefficient (Wildman–Crippen LogP) is 9.07. The van der Waals surface area contributed by atoms with Crippen LogP contribution in [0, 0.1) is 56.7 Å². The molecule has 0 radical (unpaired) electrons. The van der Waals surface area contributed by atoms with Crippen molar-refractivity contribution in [3.8, 4) is 11.5 Å². The maximum atomic E-state index is 13.1. The van der Waals surface area contributed by atoms with Crippen molar-refractivity contribution >= 4 is 18.0 Å². The summed E-state index contributed by atoms with van der Waals surface area (Å²) in [6, 6.07) is 5.00. The minimum absolute atomic E-state index is 0.0618. The van der Waals surface area contributed by atoms with Crippen molar-refractivity contribution in [2.45, 2.75) is 112 Å². The molecule has 0 aromatic heterocycles. The third-order valence-corrected chi connectivity index (χ3v) is 15.3. The fourth-order valence-corrected chi connectivity index (χ4v) is 12.8. The number of carbonyl (C=O) groups excluding carboxylic acids is 1. The monoisotopic (exact) mass is 632 g/mol. The number of carbonyl (C=O) groups is 2. The van der Waals surface area contributed by atoms with E-state index in [-0.39, 0.29) is 45.4 Å². The molecule has 10 atom stereocenters. The van der Waals surface area contributed by atoms with Crippen molar-refractivity contribution in [1.82, 2.24) is 0 Å². The lowest BCUT2D eigenvalue weighted by Crippen LogP contribution is -2.67. The number of hydrogen-bond acceptors (Lipinski definition) is 5. The zero-order valence-corrected chi connectivity index (χ0v) is 29.2. The number of carboxylic acid groups (broad SMARTS) is 1. The second kappa shape index (κ2) is 11.2. The van der Waals surface area contributed by atoms with Crippen LogP contribution in [0.25, 0.3) is 6.08 Å². The molecule has 5 saturated carbocycles. The molecule has 0 amide bonds. The molecule has 6 nitrogen and oxygen atoms in total. The van der Waals surface area contributed by atoms with Crippen molar-refractivity contribution < 1.29 is 29.3 Å². The minimum atomic E-state index is -0.592. The molecule has 1 aromatic rings. The van der Waals surface area contributed by atoms with Gasteiger partial charge < -0.3 is 19.7 Å². The van der Waals surface area contributed by atoms with Crippen molar-refractivity contribution in [1.29, 1.82) is 0 Å². The molecule has 2 N–H and O–H groups in total. The molecular weight excluding hydrogens is 576 g/mol. The second-order valence-corrected chi connectivity index (χ2v) is 17.2. The zero-order valence-electron chi connectivity index (χ0n) is 29.2. The van der Waals surface area contributed by atoms with Crippen LogP contribution in [0.15, 0.2) is 36.4 Å². The molecular formula is C40H56O6. The maximum absolute atomic E-state index is 13.1. The summed E-state index contributed by atoms with van der Waals surface area (Å²) in [5.41, 5.74) is 1.54. The molecule has 0 aliphatic heterocycles. The SMILES string of the molecule is C=C(C)[C@@H]1CC[C@]2(C(=O)O)CC[C@]3(C)[C@H](CC[C@@H]4[C@@]5(C)CC[C@@H](OC(=O)/C=C/c6ccc(O)c(OC)c6)C(C)(C)[C@@H]5CC[C@]43C)[C@@H]12. The van der Waals surface area contributed by atoms with Crippen molar-refractivity contribution in [3.63, 3.8) is 0 Å². The Morgan fingerprint density at radius 2 is 1.65 bits per heavy atom. The topological polar surface area (TPSA) is 93.1 Å². The number of ether oxygens (including phenoxy) is 2. The van der Waals surface area contributed by atoms with E-state index in [1.165, 1.54) is 18.8 Å².